The van der Waals surface area contributed by atoms with E-state index in [0.29, 0.717) is 22.7 Å². The molecule has 1 amide bonds. The van der Waals surface area contributed by atoms with Gasteiger partial charge in [0.2, 0.25) is 0 Å². The van der Waals surface area contributed by atoms with E-state index in [1.54, 1.807) is 17.7 Å². The van der Waals surface area contributed by atoms with Gasteiger partial charge in [0.1, 0.15) is 5.82 Å². The first kappa shape index (κ1) is 17.9. The molecule has 0 aliphatic heterocycles. The summed E-state index contributed by atoms with van der Waals surface area (Å²) in [5.74, 6) is -0.955. The zero-order chi connectivity index (χ0) is 18.7. The molecule has 0 unspecified atom stereocenters. The Balaban J connectivity index is 2.11. The van der Waals surface area contributed by atoms with Crippen LogP contribution in [0.4, 0.5) is 10.1 Å². The molecule has 7 nitrogen and oxygen atoms in total. The second kappa shape index (κ2) is 7.54. The van der Waals surface area contributed by atoms with Crippen LogP contribution in [0.25, 0.3) is 10.2 Å². The van der Waals surface area contributed by atoms with E-state index < -0.39 is 16.6 Å². The highest BCUT2D eigenvalue weighted by Crippen LogP contribution is 2.23. The molecular weight excluding hydrogens is 361 g/mol. The van der Waals surface area contributed by atoms with Crippen LogP contribution in [-0.2, 0) is 11.3 Å². The fraction of sp³-hybridized carbons (Fsp3) is 0.176. The molecule has 0 atom stereocenters. The number of amides is 1. The Bertz CT molecular complexity index is 1040. The summed E-state index contributed by atoms with van der Waals surface area (Å²) >= 11 is 1.17. The van der Waals surface area contributed by atoms with Crippen molar-refractivity contribution in [2.24, 2.45) is 4.99 Å². The van der Waals surface area contributed by atoms with Crippen molar-refractivity contribution in [2.75, 3.05) is 13.7 Å². The van der Waals surface area contributed by atoms with Gasteiger partial charge in [-0.25, -0.2) is 4.39 Å². The molecule has 2 aromatic carbocycles. The lowest BCUT2D eigenvalue weighted by Crippen LogP contribution is -2.19. The molecule has 1 heterocycles. The second-order valence-electron chi connectivity index (χ2n) is 5.36. The maximum atomic E-state index is 13.0. The van der Waals surface area contributed by atoms with Crippen molar-refractivity contribution in [1.29, 1.82) is 0 Å². The zero-order valence-electron chi connectivity index (χ0n) is 13.7. The lowest BCUT2D eigenvalue weighted by Gasteiger charge is -2.04. The first-order valence-corrected chi connectivity index (χ1v) is 8.42. The number of benzene rings is 2. The summed E-state index contributed by atoms with van der Waals surface area (Å²) in [5.41, 5.74) is 0.950. The fourth-order valence-corrected chi connectivity index (χ4v) is 3.49. The number of fused-ring (bicyclic) bond motifs is 1. The van der Waals surface area contributed by atoms with Crippen LogP contribution in [0.3, 0.4) is 0 Å². The number of hydrogen-bond acceptors (Lipinski definition) is 5. The molecule has 0 fully saturated rings. The highest BCUT2D eigenvalue weighted by molar-refractivity contribution is 7.16. The number of carbonyl (C=O) groups is 1. The predicted octanol–water partition coefficient (Wildman–Crippen LogP) is 3.14. The van der Waals surface area contributed by atoms with Crippen molar-refractivity contribution in [3.63, 3.8) is 0 Å². The van der Waals surface area contributed by atoms with Gasteiger partial charge in [-0.15, -0.1) is 0 Å². The topological polar surface area (TPSA) is 86.7 Å². The van der Waals surface area contributed by atoms with Gasteiger partial charge in [0.15, 0.2) is 4.80 Å². The molecule has 0 spiro atoms. The van der Waals surface area contributed by atoms with E-state index in [0.717, 1.165) is 5.52 Å². The average Bonchev–Trinajstić information content (AvgIpc) is 2.96. The van der Waals surface area contributed by atoms with E-state index in [1.807, 2.05) is 0 Å². The highest BCUT2D eigenvalue weighted by Gasteiger charge is 2.13. The van der Waals surface area contributed by atoms with Crippen molar-refractivity contribution >= 4 is 33.1 Å². The molecule has 1 aromatic heterocycles. The Morgan fingerprint density at radius 1 is 1.31 bits per heavy atom. The van der Waals surface area contributed by atoms with Crippen LogP contribution >= 0.6 is 11.3 Å². The van der Waals surface area contributed by atoms with Crippen LogP contribution in [0.2, 0.25) is 0 Å². The van der Waals surface area contributed by atoms with Gasteiger partial charge in [-0.2, -0.15) is 4.99 Å². The Hall–Kier alpha value is -2.91. The van der Waals surface area contributed by atoms with Crippen LogP contribution < -0.4 is 4.80 Å². The molecule has 0 aliphatic rings. The summed E-state index contributed by atoms with van der Waals surface area (Å²) < 4.78 is 20.5. The van der Waals surface area contributed by atoms with E-state index in [2.05, 4.69) is 4.99 Å². The molecule has 0 aliphatic carbocycles. The summed E-state index contributed by atoms with van der Waals surface area (Å²) in [4.78, 5) is 27.4. The summed E-state index contributed by atoms with van der Waals surface area (Å²) in [7, 11) is 1.56. The van der Waals surface area contributed by atoms with Gasteiger partial charge >= 0.3 is 0 Å². The van der Waals surface area contributed by atoms with Crippen LogP contribution in [0.5, 0.6) is 0 Å². The number of carbonyl (C=O) groups excluding carboxylic acids is 1. The summed E-state index contributed by atoms with van der Waals surface area (Å²) in [6.45, 7) is 0.824. The lowest BCUT2D eigenvalue weighted by atomic mass is 10.2. The van der Waals surface area contributed by atoms with Crippen molar-refractivity contribution in [1.82, 2.24) is 4.57 Å². The molecule has 26 heavy (non-hydrogen) atoms. The van der Waals surface area contributed by atoms with E-state index in [4.69, 9.17) is 4.74 Å². The number of ether oxygens (including phenoxy) is 1. The number of nitro benzene ring substituents is 1. The van der Waals surface area contributed by atoms with Gasteiger partial charge in [0, 0.05) is 31.4 Å². The number of halogens is 1. The Kier molecular flexibility index (Phi) is 5.19. The molecule has 0 bridgehead atoms. The van der Waals surface area contributed by atoms with Gasteiger partial charge in [0.25, 0.3) is 11.6 Å². The standard InChI is InChI=1S/C17H14FN3O4S/c1-25-9-8-20-14-7-6-13(21(23)24)10-15(14)26-17(20)19-16(22)11-2-4-12(18)5-3-11/h2-7,10H,8-9H2,1H3. The van der Waals surface area contributed by atoms with Crippen molar-refractivity contribution in [3.8, 4) is 0 Å². The summed E-state index contributed by atoms with van der Waals surface area (Å²) in [6, 6.07) is 9.58. The van der Waals surface area contributed by atoms with Gasteiger partial charge in [0.05, 0.1) is 21.7 Å². The molecule has 0 saturated carbocycles. The number of hydrogen-bond donors (Lipinski definition) is 0. The molecule has 9 heteroatoms. The third-order valence-corrected chi connectivity index (χ3v) is 4.73. The van der Waals surface area contributed by atoms with Gasteiger partial charge in [-0.3, -0.25) is 14.9 Å². The molecule has 0 radical (unpaired) electrons. The monoisotopic (exact) mass is 375 g/mol. The van der Waals surface area contributed by atoms with Crippen LogP contribution in [0.15, 0.2) is 47.5 Å². The number of thiazole rings is 1. The van der Waals surface area contributed by atoms with E-state index in [-0.39, 0.29) is 11.3 Å². The van der Waals surface area contributed by atoms with Crippen LogP contribution in [-0.4, -0.2) is 29.1 Å². The minimum absolute atomic E-state index is 0.0333. The normalized spacial score (nSPS) is 11.8. The highest BCUT2D eigenvalue weighted by atomic mass is 32.1. The molecule has 0 saturated heterocycles. The molecule has 3 rings (SSSR count). The number of aromatic nitrogens is 1. The van der Waals surface area contributed by atoms with E-state index in [1.165, 1.54) is 47.7 Å². The third kappa shape index (κ3) is 3.68. The first-order valence-electron chi connectivity index (χ1n) is 7.61. The maximum absolute atomic E-state index is 13.0. The van der Waals surface area contributed by atoms with Crippen molar-refractivity contribution < 1.29 is 18.8 Å². The van der Waals surface area contributed by atoms with Gasteiger partial charge in [-0.05, 0) is 30.3 Å². The summed E-state index contributed by atoms with van der Waals surface area (Å²) in [5, 5.41) is 11.0. The van der Waals surface area contributed by atoms with E-state index >= 15 is 0 Å². The average molecular weight is 375 g/mol. The Labute approximate surface area is 151 Å². The van der Waals surface area contributed by atoms with Crippen LogP contribution in [0.1, 0.15) is 10.4 Å². The van der Waals surface area contributed by atoms with Crippen molar-refractivity contribution in [3.05, 3.63) is 68.8 Å². The summed E-state index contributed by atoms with van der Waals surface area (Å²) in [6.07, 6.45) is 0. The van der Waals surface area contributed by atoms with Gasteiger partial charge < -0.3 is 9.30 Å². The molecular formula is C17H14FN3O4S. The number of nitrogens with zero attached hydrogens (tertiary/aromatic N) is 3. The number of rotatable bonds is 5. The zero-order valence-corrected chi connectivity index (χ0v) is 14.5. The number of nitro groups is 1. The minimum Gasteiger partial charge on any atom is -0.383 e. The van der Waals surface area contributed by atoms with Crippen molar-refractivity contribution in [2.45, 2.75) is 6.54 Å². The molecule has 0 N–H and O–H groups in total. The Morgan fingerprint density at radius 2 is 2.04 bits per heavy atom. The lowest BCUT2D eigenvalue weighted by molar-refractivity contribution is -0.384. The quantitative estimate of drug-likeness (QED) is 0.506. The SMILES string of the molecule is COCCn1c(=NC(=O)c2ccc(F)cc2)sc2cc([N+](=O)[O-])ccc21. The predicted molar refractivity (Wildman–Crippen MR) is 94.6 cm³/mol. The minimum atomic E-state index is -0.516. The largest absolute Gasteiger partial charge is 0.383 e. The first-order chi connectivity index (χ1) is 12.5. The second-order valence-corrected chi connectivity index (χ2v) is 6.37. The third-order valence-electron chi connectivity index (χ3n) is 3.68. The molecule has 3 aromatic rings. The number of methoxy groups -OCH3 is 1. The maximum Gasteiger partial charge on any atom is 0.279 e. The van der Waals surface area contributed by atoms with E-state index in [9.17, 15) is 19.3 Å². The fourth-order valence-electron chi connectivity index (χ4n) is 2.40. The Morgan fingerprint density at radius 3 is 2.69 bits per heavy atom. The van der Waals surface area contributed by atoms with Crippen LogP contribution in [0, 0.1) is 15.9 Å². The van der Waals surface area contributed by atoms with Gasteiger partial charge in [-0.1, -0.05) is 11.3 Å². The number of non-ortho nitro benzene ring substituents is 1. The smallest absolute Gasteiger partial charge is 0.279 e. The molecule has 134 valence electrons.